The molecule has 4 heterocycles. The molecule has 1 aromatic carbocycles. The molecule has 212 valence electrons. The maximum Gasteiger partial charge on any atom is 0.194 e. The second-order valence-corrected chi connectivity index (χ2v) is 12.1. The van der Waals surface area contributed by atoms with Crippen molar-refractivity contribution in [1.82, 2.24) is 20.2 Å². The largest absolute Gasteiger partial charge is 0.394 e. The summed E-state index contributed by atoms with van der Waals surface area (Å²) in [5, 5.41) is 55.2. The smallest absolute Gasteiger partial charge is 0.194 e. The summed E-state index contributed by atoms with van der Waals surface area (Å²) in [6.07, 6.45) is -0.368. The summed E-state index contributed by atoms with van der Waals surface area (Å²) < 4.78 is 53.1. The lowest BCUT2D eigenvalue weighted by molar-refractivity contribution is -0.179. The maximum atomic E-state index is 13.8. The lowest BCUT2D eigenvalue weighted by Gasteiger charge is -2.45. The lowest BCUT2D eigenvalue weighted by atomic mass is 9.89. The number of benzene rings is 1. The summed E-state index contributed by atoms with van der Waals surface area (Å²) in [7, 11) is 0. The molecule has 0 amide bonds. The van der Waals surface area contributed by atoms with Crippen molar-refractivity contribution in [2.45, 2.75) is 60.4 Å². The van der Waals surface area contributed by atoms with E-state index in [2.05, 4.69) is 15.5 Å². The molecule has 0 spiro atoms. The topological polar surface area (TPSA) is 147 Å². The standard InChI is InChI=1S/C24H27F3N4O6S2/c1-11-10-36-29-18(11)22(24(35)2-4-38-5-3-24)39-23-21(34)19(20(33)16(9-32)37-23)31-8-15(28-30-31)12-6-13(25)17(27)14(26)7-12/h6-8,10,16,19-23,32-35H,2-5,9H2,1H3/t16-,19+,20+,21-,22-,23+/m1/s1. The van der Waals surface area contributed by atoms with Crippen LogP contribution in [-0.4, -0.2) is 88.0 Å². The van der Waals surface area contributed by atoms with Crippen molar-refractivity contribution in [2.75, 3.05) is 18.1 Å². The number of aliphatic hydroxyl groups excluding tert-OH is 3. The number of aryl methyl sites for hydroxylation is 1. The van der Waals surface area contributed by atoms with E-state index in [4.69, 9.17) is 9.26 Å². The summed E-state index contributed by atoms with van der Waals surface area (Å²) in [6, 6.07) is 0.319. The minimum absolute atomic E-state index is 0.0337. The summed E-state index contributed by atoms with van der Waals surface area (Å²) in [6.45, 7) is 1.20. The summed E-state index contributed by atoms with van der Waals surface area (Å²) in [5.41, 5.74) is -1.18. The molecular formula is C24H27F3N4O6S2. The van der Waals surface area contributed by atoms with Crippen LogP contribution in [-0.2, 0) is 4.74 Å². The number of hydrogen-bond acceptors (Lipinski definition) is 11. The van der Waals surface area contributed by atoms with Gasteiger partial charge in [0.05, 0.1) is 23.7 Å². The van der Waals surface area contributed by atoms with Gasteiger partial charge in [0.2, 0.25) is 0 Å². The fraction of sp³-hybridized carbons (Fsp3) is 0.542. The van der Waals surface area contributed by atoms with E-state index < -0.39 is 64.7 Å². The highest BCUT2D eigenvalue weighted by Gasteiger charge is 2.50. The van der Waals surface area contributed by atoms with Crippen molar-refractivity contribution in [2.24, 2.45) is 0 Å². The van der Waals surface area contributed by atoms with Gasteiger partial charge >= 0.3 is 0 Å². The minimum atomic E-state index is -1.62. The van der Waals surface area contributed by atoms with Crippen LogP contribution in [0, 0.1) is 24.4 Å². The fourth-order valence-electron chi connectivity index (χ4n) is 4.87. The zero-order chi connectivity index (χ0) is 27.9. The third kappa shape index (κ3) is 5.45. The van der Waals surface area contributed by atoms with Crippen LogP contribution < -0.4 is 0 Å². The first-order chi connectivity index (χ1) is 18.6. The Morgan fingerprint density at radius 2 is 1.87 bits per heavy atom. The molecule has 6 atom stereocenters. The van der Waals surface area contributed by atoms with Crippen molar-refractivity contribution >= 4 is 23.5 Å². The van der Waals surface area contributed by atoms with Crippen LogP contribution in [0.3, 0.4) is 0 Å². The third-order valence-electron chi connectivity index (χ3n) is 7.09. The van der Waals surface area contributed by atoms with Crippen LogP contribution in [0.5, 0.6) is 0 Å². The summed E-state index contributed by atoms with van der Waals surface area (Å²) >= 11 is 2.82. The Morgan fingerprint density at radius 3 is 2.49 bits per heavy atom. The summed E-state index contributed by atoms with van der Waals surface area (Å²) in [5.74, 6) is -2.98. The predicted octanol–water partition coefficient (Wildman–Crippen LogP) is 2.37. The first-order valence-corrected chi connectivity index (χ1v) is 14.3. The second kappa shape index (κ2) is 11.4. The average Bonchev–Trinajstić information content (AvgIpc) is 3.56. The molecule has 2 saturated heterocycles. The van der Waals surface area contributed by atoms with Gasteiger partial charge in [-0.15, -0.1) is 16.9 Å². The third-order valence-corrected chi connectivity index (χ3v) is 9.67. The predicted molar refractivity (Wildman–Crippen MR) is 135 cm³/mol. The van der Waals surface area contributed by atoms with Gasteiger partial charge in [-0.1, -0.05) is 10.4 Å². The Hall–Kier alpha value is -2.14. The lowest BCUT2D eigenvalue weighted by Crippen LogP contribution is -2.55. The molecule has 10 nitrogen and oxygen atoms in total. The van der Waals surface area contributed by atoms with E-state index in [1.807, 2.05) is 0 Å². The van der Waals surface area contributed by atoms with Gasteiger partial charge in [0, 0.05) is 11.1 Å². The first-order valence-electron chi connectivity index (χ1n) is 12.2. The molecule has 0 radical (unpaired) electrons. The molecule has 4 N–H and O–H groups in total. The van der Waals surface area contributed by atoms with E-state index in [0.717, 1.165) is 40.1 Å². The number of hydrogen-bond donors (Lipinski definition) is 4. The van der Waals surface area contributed by atoms with Crippen LogP contribution in [0.2, 0.25) is 0 Å². The molecule has 2 aliphatic heterocycles. The number of rotatable bonds is 7. The molecule has 5 rings (SSSR count). The molecular weight excluding hydrogens is 561 g/mol. The van der Waals surface area contributed by atoms with Gasteiger partial charge in [-0.05, 0) is 43.4 Å². The van der Waals surface area contributed by atoms with Crippen LogP contribution >= 0.6 is 23.5 Å². The Morgan fingerprint density at radius 1 is 1.18 bits per heavy atom. The number of aromatic nitrogens is 4. The molecule has 2 fully saturated rings. The van der Waals surface area contributed by atoms with E-state index in [0.29, 0.717) is 24.1 Å². The Balaban J connectivity index is 1.46. The van der Waals surface area contributed by atoms with Crippen molar-refractivity contribution in [3.63, 3.8) is 0 Å². The van der Waals surface area contributed by atoms with Gasteiger partial charge in [-0.3, -0.25) is 0 Å². The van der Waals surface area contributed by atoms with Crippen molar-refractivity contribution in [3.05, 3.63) is 53.3 Å². The van der Waals surface area contributed by atoms with Gasteiger partial charge in [-0.2, -0.15) is 11.8 Å². The van der Waals surface area contributed by atoms with Crippen molar-refractivity contribution in [1.29, 1.82) is 0 Å². The van der Waals surface area contributed by atoms with E-state index in [1.165, 1.54) is 12.5 Å². The molecule has 15 heteroatoms. The van der Waals surface area contributed by atoms with E-state index in [-0.39, 0.29) is 11.3 Å². The number of ether oxygens (including phenoxy) is 1. The van der Waals surface area contributed by atoms with Crippen LogP contribution in [0.25, 0.3) is 11.3 Å². The number of thioether (sulfide) groups is 2. The van der Waals surface area contributed by atoms with Gasteiger partial charge in [0.1, 0.15) is 47.4 Å². The fourth-order valence-corrected chi connectivity index (χ4v) is 7.71. The maximum absolute atomic E-state index is 13.8. The van der Waals surface area contributed by atoms with Crippen LogP contribution in [0.1, 0.15) is 35.4 Å². The van der Waals surface area contributed by atoms with Gasteiger partial charge in [0.15, 0.2) is 17.5 Å². The normalized spacial score (nSPS) is 27.9. The van der Waals surface area contributed by atoms with Gasteiger partial charge < -0.3 is 29.7 Å². The minimum Gasteiger partial charge on any atom is -0.394 e. The van der Waals surface area contributed by atoms with E-state index in [9.17, 15) is 33.6 Å². The molecule has 0 bridgehead atoms. The van der Waals surface area contributed by atoms with Gasteiger partial charge in [0.25, 0.3) is 0 Å². The zero-order valence-corrected chi connectivity index (χ0v) is 22.3. The highest BCUT2D eigenvalue weighted by Crippen LogP contribution is 2.50. The Labute approximate surface area is 229 Å². The Bertz CT molecular complexity index is 1280. The molecule has 3 aromatic rings. The monoisotopic (exact) mass is 588 g/mol. The SMILES string of the molecule is Cc1conc1[C@@H](S[C@@H]1O[C@H](CO)[C@H](O)[C@H](n2cc(-c3cc(F)c(F)c(F)c3)nn2)[C@H]1O)C1(O)CCSCC1. The van der Waals surface area contributed by atoms with E-state index >= 15 is 0 Å². The van der Waals surface area contributed by atoms with Crippen molar-refractivity contribution in [3.8, 4) is 11.3 Å². The van der Waals surface area contributed by atoms with E-state index in [1.54, 1.807) is 18.7 Å². The molecule has 0 saturated carbocycles. The molecule has 0 aliphatic carbocycles. The van der Waals surface area contributed by atoms with Crippen LogP contribution in [0.4, 0.5) is 13.2 Å². The number of aliphatic hydroxyl groups is 4. The quantitative estimate of drug-likeness (QED) is 0.302. The average molecular weight is 589 g/mol. The molecule has 2 aromatic heterocycles. The first kappa shape index (κ1) is 28.4. The van der Waals surface area contributed by atoms with Crippen molar-refractivity contribution < 1.29 is 42.9 Å². The van der Waals surface area contributed by atoms with Crippen LogP contribution in [0.15, 0.2) is 29.1 Å². The second-order valence-electron chi connectivity index (χ2n) is 9.65. The summed E-state index contributed by atoms with van der Waals surface area (Å²) in [4.78, 5) is 0. The molecule has 39 heavy (non-hydrogen) atoms. The zero-order valence-electron chi connectivity index (χ0n) is 20.7. The highest BCUT2D eigenvalue weighted by molar-refractivity contribution is 8.00. The highest BCUT2D eigenvalue weighted by atomic mass is 32.2. The number of nitrogens with zero attached hydrogens (tertiary/aromatic N) is 4. The Kier molecular flexibility index (Phi) is 8.29. The van der Waals surface area contributed by atoms with Gasteiger partial charge in [-0.25, -0.2) is 17.9 Å². The molecule has 2 aliphatic rings. The molecule has 0 unspecified atom stereocenters. The number of halogens is 3.